The Morgan fingerprint density at radius 1 is 1.16 bits per heavy atom. The molecule has 0 aliphatic carbocycles. The molecule has 1 aromatic carbocycles. The molecule has 4 nitrogen and oxygen atoms in total. The molecule has 2 heterocycles. The Hall–Kier alpha value is -2.85. The Kier molecular flexibility index (Phi) is 5.00. The number of aryl methyl sites for hydroxylation is 1. The molecule has 0 fully saturated rings. The highest BCUT2D eigenvalue weighted by atomic mass is 15.1. The van der Waals surface area contributed by atoms with Gasteiger partial charge in [-0.2, -0.15) is 0 Å². The van der Waals surface area contributed by atoms with E-state index in [0.717, 1.165) is 47.9 Å². The van der Waals surface area contributed by atoms with Gasteiger partial charge in [-0.25, -0.2) is 4.98 Å². The van der Waals surface area contributed by atoms with Crippen molar-refractivity contribution < 1.29 is 0 Å². The van der Waals surface area contributed by atoms with Gasteiger partial charge in [0.25, 0.3) is 0 Å². The number of imidazole rings is 1. The molecule has 3 aromatic rings. The minimum absolute atomic E-state index is 0.741. The average Bonchev–Trinajstić information content (AvgIpc) is 2.93. The van der Waals surface area contributed by atoms with Crippen LogP contribution in [0.4, 0.5) is 5.69 Å². The highest BCUT2D eigenvalue weighted by Crippen LogP contribution is 2.27. The Balaban J connectivity index is 2.15. The first kappa shape index (κ1) is 17.0. The van der Waals surface area contributed by atoms with Crippen LogP contribution in [0.5, 0.6) is 0 Å². The Morgan fingerprint density at radius 2 is 1.92 bits per heavy atom. The molecule has 0 aliphatic rings. The number of benzene rings is 1. The molecular weight excluding hydrogens is 308 g/mol. The quantitative estimate of drug-likeness (QED) is 0.524. The molecule has 3 rings (SSSR count). The first-order chi connectivity index (χ1) is 12.1. The first-order valence-electron chi connectivity index (χ1n) is 8.40. The van der Waals surface area contributed by atoms with Crippen molar-refractivity contribution in [2.75, 3.05) is 18.8 Å². The van der Waals surface area contributed by atoms with Crippen LogP contribution in [0.25, 0.3) is 16.9 Å². The maximum atomic E-state index is 5.99. The topological polar surface area (TPSA) is 46.6 Å². The van der Waals surface area contributed by atoms with E-state index in [2.05, 4.69) is 53.8 Å². The van der Waals surface area contributed by atoms with Gasteiger partial charge in [-0.1, -0.05) is 30.4 Å². The molecule has 0 amide bonds. The van der Waals surface area contributed by atoms with Crippen LogP contribution in [0.1, 0.15) is 11.3 Å². The van der Waals surface area contributed by atoms with Crippen molar-refractivity contribution >= 4 is 11.3 Å². The van der Waals surface area contributed by atoms with Gasteiger partial charge in [0.05, 0.1) is 11.4 Å². The van der Waals surface area contributed by atoms with Crippen LogP contribution in [-0.2, 0) is 6.54 Å². The molecular formula is C21H24N4. The number of hydrogen-bond acceptors (Lipinski definition) is 3. The van der Waals surface area contributed by atoms with Crippen molar-refractivity contribution in [2.45, 2.75) is 13.5 Å². The molecule has 0 unspecified atom stereocenters. The van der Waals surface area contributed by atoms with Crippen molar-refractivity contribution in [3.8, 4) is 11.3 Å². The van der Waals surface area contributed by atoms with E-state index in [1.807, 2.05) is 30.4 Å². The van der Waals surface area contributed by atoms with Crippen LogP contribution >= 0.6 is 0 Å². The van der Waals surface area contributed by atoms with Crippen LogP contribution in [0, 0.1) is 6.92 Å². The maximum absolute atomic E-state index is 5.99. The van der Waals surface area contributed by atoms with Crippen molar-refractivity contribution in [3.63, 3.8) is 0 Å². The summed E-state index contributed by atoms with van der Waals surface area (Å²) in [5.74, 6) is 0. The van der Waals surface area contributed by atoms with E-state index < -0.39 is 0 Å². The zero-order valence-corrected chi connectivity index (χ0v) is 14.7. The van der Waals surface area contributed by atoms with Gasteiger partial charge < -0.3 is 10.1 Å². The third-order valence-corrected chi connectivity index (χ3v) is 4.17. The molecule has 2 N–H and O–H groups in total. The summed E-state index contributed by atoms with van der Waals surface area (Å²) in [4.78, 5) is 7.15. The zero-order valence-electron chi connectivity index (χ0n) is 14.7. The van der Waals surface area contributed by atoms with Gasteiger partial charge in [0.2, 0.25) is 0 Å². The van der Waals surface area contributed by atoms with Gasteiger partial charge in [-0.05, 0) is 30.7 Å². The summed E-state index contributed by atoms with van der Waals surface area (Å²) in [5.41, 5.74) is 12.0. The molecule has 0 saturated heterocycles. The van der Waals surface area contributed by atoms with E-state index in [9.17, 15) is 0 Å². The summed E-state index contributed by atoms with van der Waals surface area (Å²) >= 11 is 0. The van der Waals surface area contributed by atoms with Crippen molar-refractivity contribution in [3.05, 3.63) is 79.2 Å². The molecule has 25 heavy (non-hydrogen) atoms. The zero-order chi connectivity index (χ0) is 17.8. The van der Waals surface area contributed by atoms with Crippen LogP contribution in [0.3, 0.4) is 0 Å². The SMILES string of the molecule is C=CCN(CC=C)Cc1c(-c2cccc(N)c2)nc2ccc(C)cn12. The van der Waals surface area contributed by atoms with Gasteiger partial charge in [-0.3, -0.25) is 4.90 Å². The second kappa shape index (κ2) is 7.36. The molecule has 2 aromatic heterocycles. The second-order valence-corrected chi connectivity index (χ2v) is 6.24. The van der Waals surface area contributed by atoms with Crippen molar-refractivity contribution in [2.24, 2.45) is 0 Å². The summed E-state index contributed by atoms with van der Waals surface area (Å²) in [6, 6.07) is 12.0. The van der Waals surface area contributed by atoms with Gasteiger partial charge in [0.1, 0.15) is 5.65 Å². The maximum Gasteiger partial charge on any atom is 0.137 e. The van der Waals surface area contributed by atoms with E-state index in [4.69, 9.17) is 10.7 Å². The first-order valence-corrected chi connectivity index (χ1v) is 8.40. The van der Waals surface area contributed by atoms with Crippen molar-refractivity contribution in [1.29, 1.82) is 0 Å². The average molecular weight is 332 g/mol. The fraction of sp³-hybridized carbons (Fsp3) is 0.190. The Labute approximate surface area is 148 Å². The largest absolute Gasteiger partial charge is 0.399 e. The molecule has 0 spiro atoms. The fourth-order valence-electron chi connectivity index (χ4n) is 3.05. The van der Waals surface area contributed by atoms with Crippen LogP contribution in [0.15, 0.2) is 67.9 Å². The molecule has 0 atom stereocenters. The van der Waals surface area contributed by atoms with E-state index >= 15 is 0 Å². The van der Waals surface area contributed by atoms with Crippen LogP contribution < -0.4 is 5.73 Å². The number of nitrogen functional groups attached to an aromatic ring is 1. The van der Waals surface area contributed by atoms with Gasteiger partial charge in [0, 0.05) is 37.1 Å². The number of nitrogens with zero attached hydrogens (tertiary/aromatic N) is 3. The van der Waals surface area contributed by atoms with E-state index in [1.165, 1.54) is 5.56 Å². The van der Waals surface area contributed by atoms with E-state index in [-0.39, 0.29) is 0 Å². The van der Waals surface area contributed by atoms with Gasteiger partial charge in [0.15, 0.2) is 0 Å². The monoisotopic (exact) mass is 332 g/mol. The Morgan fingerprint density at radius 3 is 2.60 bits per heavy atom. The number of pyridine rings is 1. The summed E-state index contributed by atoms with van der Waals surface area (Å²) in [6.07, 6.45) is 5.96. The summed E-state index contributed by atoms with van der Waals surface area (Å²) < 4.78 is 2.17. The Bertz CT molecular complexity index is 897. The van der Waals surface area contributed by atoms with Crippen molar-refractivity contribution in [1.82, 2.24) is 14.3 Å². The molecule has 128 valence electrons. The number of fused-ring (bicyclic) bond motifs is 1. The number of aromatic nitrogens is 2. The molecule has 0 aliphatic heterocycles. The smallest absolute Gasteiger partial charge is 0.137 e. The number of nitrogens with two attached hydrogens (primary N) is 1. The summed E-state index contributed by atoms with van der Waals surface area (Å²) in [5, 5.41) is 0. The lowest BCUT2D eigenvalue weighted by molar-refractivity contribution is 0.323. The lowest BCUT2D eigenvalue weighted by Gasteiger charge is -2.19. The summed E-state index contributed by atoms with van der Waals surface area (Å²) in [6.45, 7) is 12.2. The number of anilines is 1. The fourth-order valence-corrected chi connectivity index (χ4v) is 3.05. The van der Waals surface area contributed by atoms with Crippen LogP contribution in [-0.4, -0.2) is 27.4 Å². The minimum Gasteiger partial charge on any atom is -0.399 e. The molecule has 0 radical (unpaired) electrons. The molecule has 0 bridgehead atoms. The summed E-state index contributed by atoms with van der Waals surface area (Å²) in [7, 11) is 0. The van der Waals surface area contributed by atoms with Gasteiger partial charge in [-0.15, -0.1) is 13.2 Å². The van der Waals surface area contributed by atoms with E-state index in [1.54, 1.807) is 0 Å². The van der Waals surface area contributed by atoms with E-state index in [0.29, 0.717) is 0 Å². The standard InChI is InChI=1S/C21H24N4/c1-4-11-24(12-5-2)15-19-21(17-7-6-8-18(22)13-17)23-20-10-9-16(3)14-25(19)20/h4-10,13-14H,1-2,11-12,15,22H2,3H3. The molecule has 4 heteroatoms. The molecule has 0 saturated carbocycles. The lowest BCUT2D eigenvalue weighted by atomic mass is 10.1. The van der Waals surface area contributed by atoms with Crippen LogP contribution in [0.2, 0.25) is 0 Å². The second-order valence-electron chi connectivity index (χ2n) is 6.24. The number of rotatable bonds is 7. The highest BCUT2D eigenvalue weighted by molar-refractivity contribution is 5.69. The number of hydrogen-bond donors (Lipinski definition) is 1. The third-order valence-electron chi connectivity index (χ3n) is 4.17. The predicted octanol–water partition coefficient (Wildman–Crippen LogP) is 4.07. The predicted molar refractivity (Wildman–Crippen MR) is 105 cm³/mol. The minimum atomic E-state index is 0.741. The third kappa shape index (κ3) is 3.64. The normalized spacial score (nSPS) is 11.1. The highest BCUT2D eigenvalue weighted by Gasteiger charge is 2.16. The van der Waals surface area contributed by atoms with Gasteiger partial charge >= 0.3 is 0 Å². The lowest BCUT2D eigenvalue weighted by Crippen LogP contribution is -2.24.